The van der Waals surface area contributed by atoms with Crippen LogP contribution in [0.25, 0.3) is 0 Å². The first-order chi connectivity index (χ1) is 13.7. The molecule has 2 aromatic rings. The Balaban J connectivity index is 1.83. The fraction of sp³-hybridized carbons (Fsp3) is 0.263. The molecule has 0 aromatic heterocycles. The number of alkyl halides is 3. The van der Waals surface area contributed by atoms with Crippen molar-refractivity contribution in [3.05, 3.63) is 53.1 Å². The summed E-state index contributed by atoms with van der Waals surface area (Å²) in [6.45, 7) is -0.806. The first-order valence-electron chi connectivity index (χ1n) is 8.29. The van der Waals surface area contributed by atoms with E-state index in [1.54, 1.807) is 24.3 Å². The topological polar surface area (TPSA) is 73.9 Å². The summed E-state index contributed by atoms with van der Waals surface area (Å²) in [4.78, 5) is 23.6. The highest BCUT2D eigenvalue weighted by atomic mass is 35.5. The molecule has 0 heterocycles. The lowest BCUT2D eigenvalue weighted by atomic mass is 10.1. The minimum atomic E-state index is -4.71. The average Bonchev–Trinajstić information content (AvgIpc) is 2.67. The van der Waals surface area contributed by atoms with Gasteiger partial charge in [-0.15, -0.1) is 0 Å². The normalized spacial score (nSPS) is 10.9. The van der Waals surface area contributed by atoms with E-state index in [0.29, 0.717) is 11.5 Å². The fourth-order valence-electron chi connectivity index (χ4n) is 2.26. The minimum Gasteiger partial charge on any atom is -0.493 e. The van der Waals surface area contributed by atoms with Crippen molar-refractivity contribution in [2.24, 2.45) is 0 Å². The Morgan fingerprint density at radius 2 is 1.76 bits per heavy atom. The molecule has 0 aliphatic carbocycles. The summed E-state index contributed by atoms with van der Waals surface area (Å²) in [5.41, 5.74) is -1.70. The van der Waals surface area contributed by atoms with Gasteiger partial charge in [-0.25, -0.2) is 0 Å². The van der Waals surface area contributed by atoms with Crippen molar-refractivity contribution in [1.82, 2.24) is 0 Å². The van der Waals surface area contributed by atoms with E-state index in [-0.39, 0.29) is 18.1 Å². The first kappa shape index (κ1) is 22.4. The largest absolute Gasteiger partial charge is 0.493 e. The number of nitrogens with one attached hydrogen (secondary N) is 1. The quantitative estimate of drug-likeness (QED) is 0.630. The van der Waals surface area contributed by atoms with E-state index in [2.05, 4.69) is 0 Å². The number of ether oxygens (including phenoxy) is 3. The number of halogens is 4. The molecule has 0 saturated carbocycles. The molecule has 0 unspecified atom stereocenters. The highest BCUT2D eigenvalue weighted by Crippen LogP contribution is 2.38. The van der Waals surface area contributed by atoms with Crippen LogP contribution < -0.4 is 14.8 Å². The van der Waals surface area contributed by atoms with Gasteiger partial charge in [0.15, 0.2) is 18.1 Å². The molecule has 1 amide bonds. The Labute approximate surface area is 169 Å². The van der Waals surface area contributed by atoms with Crippen molar-refractivity contribution in [1.29, 1.82) is 0 Å². The SMILES string of the molecule is COc1ccccc1OCCC(=O)OCC(=O)Nc1c(Cl)cccc1C(F)(F)F. The first-order valence-corrected chi connectivity index (χ1v) is 8.67. The van der Waals surface area contributed by atoms with Crippen LogP contribution in [0.15, 0.2) is 42.5 Å². The minimum absolute atomic E-state index is 0.0381. The number of carbonyl (C=O) groups excluding carboxylic acids is 2. The molecule has 2 aromatic carbocycles. The van der Waals surface area contributed by atoms with Gasteiger partial charge in [0, 0.05) is 0 Å². The van der Waals surface area contributed by atoms with Crippen LogP contribution in [0.4, 0.5) is 18.9 Å². The lowest BCUT2D eigenvalue weighted by Crippen LogP contribution is -2.23. The number of para-hydroxylation sites is 3. The van der Waals surface area contributed by atoms with Gasteiger partial charge in [0.1, 0.15) is 0 Å². The summed E-state index contributed by atoms with van der Waals surface area (Å²) in [6.07, 6.45) is -4.88. The second-order valence-corrected chi connectivity index (χ2v) is 6.03. The highest BCUT2D eigenvalue weighted by Gasteiger charge is 2.34. The lowest BCUT2D eigenvalue weighted by Gasteiger charge is -2.15. The molecule has 0 aliphatic heterocycles. The van der Waals surface area contributed by atoms with Gasteiger partial charge in [0.25, 0.3) is 5.91 Å². The second kappa shape index (κ2) is 10.0. The van der Waals surface area contributed by atoms with Crippen LogP contribution in [0.3, 0.4) is 0 Å². The smallest absolute Gasteiger partial charge is 0.418 e. The van der Waals surface area contributed by atoms with Gasteiger partial charge in [-0.2, -0.15) is 13.2 Å². The van der Waals surface area contributed by atoms with Crippen LogP contribution in [-0.2, 0) is 20.5 Å². The molecule has 1 N–H and O–H groups in total. The molecule has 0 spiro atoms. The Hall–Kier alpha value is -2.94. The third-order valence-electron chi connectivity index (χ3n) is 3.58. The van der Waals surface area contributed by atoms with Crippen molar-refractivity contribution in [2.75, 3.05) is 25.6 Å². The third kappa shape index (κ3) is 6.56. The average molecular weight is 432 g/mol. The molecule has 0 radical (unpaired) electrons. The molecule has 29 heavy (non-hydrogen) atoms. The van der Waals surface area contributed by atoms with E-state index < -0.39 is 35.9 Å². The van der Waals surface area contributed by atoms with Crippen molar-refractivity contribution in [3.63, 3.8) is 0 Å². The zero-order chi connectivity index (χ0) is 21.4. The number of hydrogen-bond donors (Lipinski definition) is 1. The predicted molar refractivity (Wildman–Crippen MR) is 99.1 cm³/mol. The number of amides is 1. The maximum Gasteiger partial charge on any atom is 0.418 e. The predicted octanol–water partition coefficient (Wildman–Crippen LogP) is 4.32. The monoisotopic (exact) mass is 431 g/mol. The zero-order valence-corrected chi connectivity index (χ0v) is 16.0. The van der Waals surface area contributed by atoms with E-state index >= 15 is 0 Å². The van der Waals surface area contributed by atoms with Gasteiger partial charge in [-0.1, -0.05) is 29.8 Å². The number of rotatable bonds is 8. The van der Waals surface area contributed by atoms with Crippen LogP contribution in [0, 0.1) is 0 Å². The van der Waals surface area contributed by atoms with Crippen molar-refractivity contribution < 1.29 is 37.0 Å². The third-order valence-corrected chi connectivity index (χ3v) is 3.90. The van der Waals surface area contributed by atoms with Crippen molar-refractivity contribution >= 4 is 29.2 Å². The van der Waals surface area contributed by atoms with E-state index in [1.807, 2.05) is 5.32 Å². The molecule has 0 aliphatic rings. The Morgan fingerprint density at radius 1 is 1.07 bits per heavy atom. The molecule has 6 nitrogen and oxygen atoms in total. The lowest BCUT2D eigenvalue weighted by molar-refractivity contribution is -0.147. The van der Waals surface area contributed by atoms with Gasteiger partial charge in [0.2, 0.25) is 0 Å². The van der Waals surface area contributed by atoms with Gasteiger partial charge >= 0.3 is 12.1 Å². The summed E-state index contributed by atoms with van der Waals surface area (Å²) in [5, 5.41) is 1.73. The standard InChI is InChI=1S/C19H17ClF3NO5/c1-27-14-7-2-3-8-15(14)28-10-9-17(26)29-11-16(25)24-18-12(19(21,22)23)5-4-6-13(18)20/h2-8H,9-11H2,1H3,(H,24,25). The van der Waals surface area contributed by atoms with E-state index in [4.69, 9.17) is 25.8 Å². The molecule has 0 bridgehead atoms. The van der Waals surface area contributed by atoms with Crippen LogP contribution >= 0.6 is 11.6 Å². The van der Waals surface area contributed by atoms with Gasteiger partial charge < -0.3 is 19.5 Å². The zero-order valence-electron chi connectivity index (χ0n) is 15.2. The molecular formula is C19H17ClF3NO5. The number of benzene rings is 2. The molecule has 0 atom stereocenters. The van der Waals surface area contributed by atoms with E-state index in [0.717, 1.165) is 12.1 Å². The number of methoxy groups -OCH3 is 1. The van der Waals surface area contributed by atoms with Crippen LogP contribution in [0.1, 0.15) is 12.0 Å². The number of hydrogen-bond acceptors (Lipinski definition) is 5. The van der Waals surface area contributed by atoms with Gasteiger partial charge in [0.05, 0.1) is 36.4 Å². The summed E-state index contributed by atoms with van der Waals surface area (Å²) in [5.74, 6) is -0.799. The van der Waals surface area contributed by atoms with Gasteiger partial charge in [-0.05, 0) is 24.3 Å². The molecular weight excluding hydrogens is 415 g/mol. The number of anilines is 1. The Morgan fingerprint density at radius 3 is 2.41 bits per heavy atom. The summed E-state index contributed by atoms with van der Waals surface area (Å²) in [7, 11) is 1.47. The maximum atomic E-state index is 13.0. The molecule has 10 heteroatoms. The van der Waals surface area contributed by atoms with Crippen molar-refractivity contribution in [3.8, 4) is 11.5 Å². The summed E-state index contributed by atoms with van der Waals surface area (Å²) in [6, 6.07) is 9.91. The Bertz CT molecular complexity index is 873. The van der Waals surface area contributed by atoms with Crippen LogP contribution in [-0.4, -0.2) is 32.2 Å². The number of carbonyl (C=O) groups is 2. The molecule has 2 rings (SSSR count). The van der Waals surface area contributed by atoms with E-state index in [9.17, 15) is 22.8 Å². The highest BCUT2D eigenvalue weighted by molar-refractivity contribution is 6.34. The number of esters is 1. The van der Waals surface area contributed by atoms with Crippen LogP contribution in [0.2, 0.25) is 5.02 Å². The van der Waals surface area contributed by atoms with E-state index in [1.165, 1.54) is 13.2 Å². The Kier molecular flexibility index (Phi) is 7.72. The fourth-order valence-corrected chi connectivity index (χ4v) is 2.49. The van der Waals surface area contributed by atoms with Crippen LogP contribution in [0.5, 0.6) is 11.5 Å². The maximum absolute atomic E-state index is 13.0. The molecule has 0 saturated heterocycles. The van der Waals surface area contributed by atoms with Crippen molar-refractivity contribution in [2.45, 2.75) is 12.6 Å². The molecule has 156 valence electrons. The van der Waals surface area contributed by atoms with Gasteiger partial charge in [-0.3, -0.25) is 9.59 Å². The second-order valence-electron chi connectivity index (χ2n) is 5.62. The molecule has 0 fully saturated rings. The summed E-state index contributed by atoms with van der Waals surface area (Å²) < 4.78 is 54.3. The summed E-state index contributed by atoms with van der Waals surface area (Å²) >= 11 is 5.74.